The summed E-state index contributed by atoms with van der Waals surface area (Å²) in [6.45, 7) is 1.18. The standard InChI is InChI=1S/C15H15FO5/c1-9(17)20-11-7-8-12(18)21-15(11)14(19)13(16)10-5-3-2-4-6-10/h2-8,11,13-15,19H,1H3. The molecular formula is C15H15FO5. The number of hydrogen-bond acceptors (Lipinski definition) is 5. The minimum absolute atomic E-state index is 0.247. The molecule has 0 aromatic heterocycles. The lowest BCUT2D eigenvalue weighted by Crippen LogP contribution is -2.46. The molecule has 0 amide bonds. The van der Waals surface area contributed by atoms with Crippen LogP contribution in [0.1, 0.15) is 18.7 Å². The van der Waals surface area contributed by atoms with Crippen LogP contribution in [0.4, 0.5) is 4.39 Å². The van der Waals surface area contributed by atoms with Gasteiger partial charge in [0.1, 0.15) is 6.10 Å². The zero-order valence-corrected chi connectivity index (χ0v) is 11.3. The Bertz CT molecular complexity index is 542. The van der Waals surface area contributed by atoms with Crippen molar-refractivity contribution in [2.24, 2.45) is 0 Å². The summed E-state index contributed by atoms with van der Waals surface area (Å²) in [5.74, 6) is -1.34. The molecule has 0 aliphatic carbocycles. The Morgan fingerprint density at radius 2 is 2.05 bits per heavy atom. The fourth-order valence-electron chi connectivity index (χ4n) is 2.09. The number of hydrogen-bond donors (Lipinski definition) is 1. The zero-order chi connectivity index (χ0) is 15.4. The second-order valence-corrected chi connectivity index (χ2v) is 4.64. The number of aliphatic hydroxyl groups excluding tert-OH is 1. The normalized spacial score (nSPS) is 24.0. The topological polar surface area (TPSA) is 72.8 Å². The molecule has 21 heavy (non-hydrogen) atoms. The van der Waals surface area contributed by atoms with Gasteiger partial charge in [-0.05, 0) is 11.6 Å². The van der Waals surface area contributed by atoms with Gasteiger partial charge in [-0.3, -0.25) is 4.79 Å². The summed E-state index contributed by atoms with van der Waals surface area (Å²) in [6, 6.07) is 7.99. The summed E-state index contributed by atoms with van der Waals surface area (Å²) in [5.41, 5.74) is 0.247. The predicted octanol–water partition coefficient (Wildman–Crippen LogP) is 1.47. The average Bonchev–Trinajstić information content (AvgIpc) is 2.48. The van der Waals surface area contributed by atoms with Crippen molar-refractivity contribution in [3.63, 3.8) is 0 Å². The average molecular weight is 294 g/mol. The first-order valence-electron chi connectivity index (χ1n) is 6.42. The van der Waals surface area contributed by atoms with Gasteiger partial charge in [0, 0.05) is 13.0 Å². The van der Waals surface area contributed by atoms with Gasteiger partial charge in [-0.2, -0.15) is 0 Å². The highest BCUT2D eigenvalue weighted by molar-refractivity contribution is 5.83. The van der Waals surface area contributed by atoms with Gasteiger partial charge >= 0.3 is 11.9 Å². The quantitative estimate of drug-likeness (QED) is 0.851. The molecule has 112 valence electrons. The SMILES string of the molecule is CC(=O)OC1C=CC(=O)OC1C(O)C(F)c1ccccc1. The molecular weight excluding hydrogens is 279 g/mol. The molecule has 1 heterocycles. The number of alkyl halides is 1. The van der Waals surface area contributed by atoms with Crippen LogP contribution < -0.4 is 0 Å². The third-order valence-corrected chi connectivity index (χ3v) is 3.05. The molecule has 4 unspecified atom stereocenters. The minimum atomic E-state index is -1.77. The molecule has 0 radical (unpaired) electrons. The number of carbonyl (C=O) groups is 2. The van der Waals surface area contributed by atoms with Crippen LogP contribution in [0.2, 0.25) is 0 Å². The molecule has 1 aromatic carbocycles. The Balaban J connectivity index is 2.18. The van der Waals surface area contributed by atoms with E-state index in [0.717, 1.165) is 6.08 Å². The number of esters is 2. The molecule has 0 spiro atoms. The van der Waals surface area contributed by atoms with Crippen LogP contribution in [0.25, 0.3) is 0 Å². The Hall–Kier alpha value is -2.21. The molecule has 6 heteroatoms. The molecule has 5 nitrogen and oxygen atoms in total. The van der Waals surface area contributed by atoms with Crippen molar-refractivity contribution in [3.8, 4) is 0 Å². The van der Waals surface area contributed by atoms with E-state index in [-0.39, 0.29) is 5.56 Å². The third-order valence-electron chi connectivity index (χ3n) is 3.05. The number of cyclic esters (lactones) is 1. The molecule has 1 aliphatic heterocycles. The third kappa shape index (κ3) is 3.66. The van der Waals surface area contributed by atoms with Gasteiger partial charge in [-0.1, -0.05) is 30.3 Å². The van der Waals surface area contributed by atoms with Gasteiger partial charge in [0.25, 0.3) is 0 Å². The van der Waals surface area contributed by atoms with Gasteiger partial charge in [-0.15, -0.1) is 0 Å². The highest BCUT2D eigenvalue weighted by Crippen LogP contribution is 2.28. The van der Waals surface area contributed by atoms with E-state index in [4.69, 9.17) is 9.47 Å². The maximum atomic E-state index is 14.3. The Morgan fingerprint density at radius 1 is 1.38 bits per heavy atom. The highest BCUT2D eigenvalue weighted by Gasteiger charge is 2.40. The van der Waals surface area contributed by atoms with Crippen molar-refractivity contribution in [3.05, 3.63) is 48.0 Å². The molecule has 1 N–H and O–H groups in total. The summed E-state index contributed by atoms with van der Waals surface area (Å²) in [5, 5.41) is 10.1. The number of benzene rings is 1. The van der Waals surface area contributed by atoms with Crippen molar-refractivity contribution >= 4 is 11.9 Å². The van der Waals surface area contributed by atoms with E-state index >= 15 is 0 Å². The minimum Gasteiger partial charge on any atom is -0.454 e. The van der Waals surface area contributed by atoms with E-state index in [2.05, 4.69) is 0 Å². The van der Waals surface area contributed by atoms with Gasteiger partial charge in [0.2, 0.25) is 0 Å². The first kappa shape index (κ1) is 15.2. The molecule has 0 fully saturated rings. The van der Waals surface area contributed by atoms with Crippen LogP contribution in [0.5, 0.6) is 0 Å². The van der Waals surface area contributed by atoms with Gasteiger partial charge in [-0.25, -0.2) is 9.18 Å². The van der Waals surface area contributed by atoms with Gasteiger partial charge in [0.15, 0.2) is 18.4 Å². The van der Waals surface area contributed by atoms with E-state index in [9.17, 15) is 19.1 Å². The van der Waals surface area contributed by atoms with Crippen molar-refractivity contribution in [1.29, 1.82) is 0 Å². The van der Waals surface area contributed by atoms with Crippen LogP contribution in [-0.2, 0) is 19.1 Å². The van der Waals surface area contributed by atoms with Crippen molar-refractivity contribution in [1.82, 2.24) is 0 Å². The number of halogens is 1. The summed E-state index contributed by atoms with van der Waals surface area (Å²) in [7, 11) is 0. The monoisotopic (exact) mass is 294 g/mol. The fourth-order valence-corrected chi connectivity index (χ4v) is 2.09. The van der Waals surface area contributed by atoms with Crippen molar-refractivity contribution in [2.45, 2.75) is 31.4 Å². The van der Waals surface area contributed by atoms with E-state index < -0.39 is 36.4 Å². The number of ether oxygens (including phenoxy) is 2. The lowest BCUT2D eigenvalue weighted by molar-refractivity contribution is -0.174. The molecule has 1 aromatic rings. The first-order chi connectivity index (χ1) is 9.99. The summed E-state index contributed by atoms with van der Waals surface area (Å²) in [6.07, 6.45) is -3.37. The number of carbonyl (C=O) groups excluding carboxylic acids is 2. The summed E-state index contributed by atoms with van der Waals surface area (Å²) < 4.78 is 24.2. The number of rotatable bonds is 4. The summed E-state index contributed by atoms with van der Waals surface area (Å²) >= 11 is 0. The Morgan fingerprint density at radius 3 is 2.67 bits per heavy atom. The highest BCUT2D eigenvalue weighted by atomic mass is 19.1. The van der Waals surface area contributed by atoms with Crippen LogP contribution in [-0.4, -0.2) is 35.4 Å². The smallest absolute Gasteiger partial charge is 0.331 e. The zero-order valence-electron chi connectivity index (χ0n) is 11.3. The van der Waals surface area contributed by atoms with E-state index in [1.54, 1.807) is 18.2 Å². The second kappa shape index (κ2) is 6.49. The molecule has 0 bridgehead atoms. The number of aliphatic hydroxyl groups is 1. The largest absolute Gasteiger partial charge is 0.454 e. The first-order valence-corrected chi connectivity index (χ1v) is 6.42. The predicted molar refractivity (Wildman–Crippen MR) is 70.9 cm³/mol. The second-order valence-electron chi connectivity index (χ2n) is 4.64. The lowest BCUT2D eigenvalue weighted by Gasteiger charge is -2.31. The molecule has 0 saturated carbocycles. The van der Waals surface area contributed by atoms with Crippen LogP contribution in [0, 0.1) is 0 Å². The molecule has 0 saturated heterocycles. The van der Waals surface area contributed by atoms with Crippen molar-refractivity contribution < 1.29 is 28.6 Å². The summed E-state index contributed by atoms with van der Waals surface area (Å²) in [4.78, 5) is 22.3. The lowest BCUT2D eigenvalue weighted by atomic mass is 9.97. The molecule has 4 atom stereocenters. The Kier molecular flexibility index (Phi) is 4.70. The van der Waals surface area contributed by atoms with Crippen LogP contribution >= 0.6 is 0 Å². The maximum Gasteiger partial charge on any atom is 0.331 e. The van der Waals surface area contributed by atoms with Crippen LogP contribution in [0.15, 0.2) is 42.5 Å². The van der Waals surface area contributed by atoms with E-state index in [0.29, 0.717) is 0 Å². The molecule has 2 rings (SSSR count). The fraction of sp³-hybridized carbons (Fsp3) is 0.333. The van der Waals surface area contributed by atoms with Crippen LogP contribution in [0.3, 0.4) is 0 Å². The van der Waals surface area contributed by atoms with E-state index in [1.165, 1.54) is 25.1 Å². The van der Waals surface area contributed by atoms with Gasteiger partial charge in [0.05, 0.1) is 0 Å². The Labute approximate surface area is 121 Å². The molecule has 1 aliphatic rings. The van der Waals surface area contributed by atoms with Crippen molar-refractivity contribution in [2.75, 3.05) is 0 Å². The van der Waals surface area contributed by atoms with E-state index in [1.807, 2.05) is 0 Å². The maximum absolute atomic E-state index is 14.3. The van der Waals surface area contributed by atoms with Gasteiger partial charge < -0.3 is 14.6 Å².